The number of allylic oxidation sites excluding steroid dienone is 1. The molecule has 19 heavy (non-hydrogen) atoms. The molecule has 0 aromatic heterocycles. The Hall–Kier alpha value is -2.55. The van der Waals surface area contributed by atoms with Crippen LogP contribution in [0.5, 0.6) is 0 Å². The van der Waals surface area contributed by atoms with Crippen LogP contribution in [0.4, 0.5) is 4.39 Å². The lowest BCUT2D eigenvalue weighted by molar-refractivity contribution is -0.112. The number of amides is 1. The second-order valence-electron chi connectivity index (χ2n) is 4.20. The van der Waals surface area contributed by atoms with Crippen molar-refractivity contribution >= 4 is 23.3 Å². The summed E-state index contributed by atoms with van der Waals surface area (Å²) in [5.41, 5.74) is 2.14. The number of benzene rings is 2. The van der Waals surface area contributed by atoms with Crippen LogP contribution in [0.1, 0.15) is 11.1 Å². The second kappa shape index (κ2) is 4.61. The molecule has 3 heteroatoms. The van der Waals surface area contributed by atoms with Gasteiger partial charge < -0.3 is 0 Å². The summed E-state index contributed by atoms with van der Waals surface area (Å²) in [5.74, 6) is -0.811. The molecule has 0 atom stereocenters. The van der Waals surface area contributed by atoms with Crippen molar-refractivity contribution in [3.05, 3.63) is 71.5 Å². The van der Waals surface area contributed by atoms with Gasteiger partial charge in [0.15, 0.2) is 0 Å². The summed E-state index contributed by atoms with van der Waals surface area (Å²) < 4.78 is 13.9. The van der Waals surface area contributed by atoms with Crippen LogP contribution in [-0.2, 0) is 4.79 Å². The van der Waals surface area contributed by atoms with Gasteiger partial charge in [-0.3, -0.25) is 4.79 Å². The summed E-state index contributed by atoms with van der Waals surface area (Å²) in [5, 5.41) is 0. The minimum absolute atomic E-state index is 0.295. The molecule has 0 radical (unpaired) electrons. The Morgan fingerprint density at radius 2 is 1.58 bits per heavy atom. The number of nitrogens with zero attached hydrogens (tertiary/aromatic N) is 1. The molecule has 1 aliphatic heterocycles. The maximum atomic E-state index is 13.9. The summed E-state index contributed by atoms with van der Waals surface area (Å²) in [4.78, 5) is 15.7. The minimum Gasteiger partial charge on any atom is -0.267 e. The van der Waals surface area contributed by atoms with Gasteiger partial charge in [0.2, 0.25) is 0 Å². The molecule has 2 nitrogen and oxygen atoms in total. The van der Waals surface area contributed by atoms with Gasteiger partial charge in [-0.1, -0.05) is 48.5 Å². The average molecular weight is 251 g/mol. The molecule has 0 saturated heterocycles. The van der Waals surface area contributed by atoms with Crippen molar-refractivity contribution in [1.82, 2.24) is 0 Å². The molecule has 2 aromatic carbocycles. The van der Waals surface area contributed by atoms with Crippen molar-refractivity contribution < 1.29 is 9.18 Å². The van der Waals surface area contributed by atoms with Crippen molar-refractivity contribution in [2.75, 3.05) is 0 Å². The summed E-state index contributed by atoms with van der Waals surface area (Å²) in [7, 11) is 0. The number of aliphatic imine (C=N–C) groups is 1. The van der Waals surface area contributed by atoms with Gasteiger partial charge in [-0.05, 0) is 11.6 Å². The Morgan fingerprint density at radius 1 is 0.895 bits per heavy atom. The van der Waals surface area contributed by atoms with Crippen LogP contribution >= 0.6 is 0 Å². The van der Waals surface area contributed by atoms with E-state index in [1.165, 1.54) is 12.3 Å². The molecule has 0 fully saturated rings. The maximum Gasteiger partial charge on any atom is 0.278 e. The summed E-state index contributed by atoms with van der Waals surface area (Å²) in [6, 6.07) is 15.6. The fourth-order valence-electron chi connectivity index (χ4n) is 2.13. The molecule has 0 saturated carbocycles. The average Bonchev–Trinajstić information content (AvgIpc) is 2.82. The lowest BCUT2D eigenvalue weighted by Crippen LogP contribution is -1.99. The van der Waals surface area contributed by atoms with Gasteiger partial charge in [0.1, 0.15) is 5.82 Å². The van der Waals surface area contributed by atoms with E-state index < -0.39 is 11.7 Å². The Morgan fingerprint density at radius 3 is 2.32 bits per heavy atom. The number of hydrogen-bond donors (Lipinski definition) is 0. The number of carbonyl (C=O) groups excluding carboxylic acids is 1. The summed E-state index contributed by atoms with van der Waals surface area (Å²) in [6.45, 7) is 0. The van der Waals surface area contributed by atoms with Crippen molar-refractivity contribution in [1.29, 1.82) is 0 Å². The molecule has 2 aromatic rings. The molecule has 0 bridgehead atoms. The van der Waals surface area contributed by atoms with Gasteiger partial charge in [-0.15, -0.1) is 0 Å². The van der Waals surface area contributed by atoms with E-state index in [-0.39, 0.29) is 0 Å². The molecular formula is C16H10FNO. The molecule has 92 valence electrons. The molecule has 0 unspecified atom stereocenters. The van der Waals surface area contributed by atoms with Crippen molar-refractivity contribution in [2.24, 2.45) is 4.99 Å². The quantitative estimate of drug-likeness (QED) is 0.804. The number of halogens is 1. The van der Waals surface area contributed by atoms with Gasteiger partial charge in [-0.2, -0.15) is 0 Å². The molecule has 1 aliphatic rings. The minimum atomic E-state index is -0.412. The number of carbonyl (C=O) groups is 1. The van der Waals surface area contributed by atoms with Crippen molar-refractivity contribution in [2.45, 2.75) is 0 Å². The number of rotatable bonds is 2. The predicted molar refractivity (Wildman–Crippen MR) is 73.2 cm³/mol. The summed E-state index contributed by atoms with van der Waals surface area (Å²) in [6.07, 6.45) is 1.50. The third kappa shape index (κ3) is 1.99. The van der Waals surface area contributed by atoms with Crippen LogP contribution in [-0.4, -0.2) is 12.1 Å². The molecule has 0 aliphatic carbocycles. The highest BCUT2D eigenvalue weighted by Gasteiger charge is 2.24. The predicted octanol–water partition coefficient (Wildman–Crippen LogP) is 3.35. The molecule has 3 rings (SSSR count). The van der Waals surface area contributed by atoms with E-state index in [2.05, 4.69) is 4.99 Å². The van der Waals surface area contributed by atoms with Crippen LogP contribution < -0.4 is 0 Å². The van der Waals surface area contributed by atoms with E-state index in [9.17, 15) is 9.18 Å². The molecule has 0 N–H and O–H groups in total. The van der Waals surface area contributed by atoms with Crippen molar-refractivity contribution in [3.8, 4) is 0 Å². The van der Waals surface area contributed by atoms with Gasteiger partial charge in [0.05, 0.1) is 5.57 Å². The zero-order chi connectivity index (χ0) is 13.2. The van der Waals surface area contributed by atoms with Crippen LogP contribution in [0.25, 0.3) is 11.1 Å². The van der Waals surface area contributed by atoms with E-state index >= 15 is 0 Å². The highest BCUT2D eigenvalue weighted by Crippen LogP contribution is 2.31. The van der Waals surface area contributed by atoms with E-state index in [4.69, 9.17) is 0 Å². The Kier molecular flexibility index (Phi) is 2.80. The van der Waals surface area contributed by atoms with Crippen LogP contribution in [0, 0.1) is 5.82 Å². The molecular weight excluding hydrogens is 241 g/mol. The highest BCUT2D eigenvalue weighted by molar-refractivity contribution is 6.43. The van der Waals surface area contributed by atoms with E-state index in [0.717, 1.165) is 5.56 Å². The lowest BCUT2D eigenvalue weighted by atomic mass is 9.96. The van der Waals surface area contributed by atoms with E-state index in [1.807, 2.05) is 30.3 Å². The second-order valence-corrected chi connectivity index (χ2v) is 4.20. The van der Waals surface area contributed by atoms with Gasteiger partial charge in [-0.25, -0.2) is 9.38 Å². The van der Waals surface area contributed by atoms with Gasteiger partial charge in [0, 0.05) is 17.4 Å². The third-order valence-electron chi connectivity index (χ3n) is 3.02. The first kappa shape index (κ1) is 11.5. The highest BCUT2D eigenvalue weighted by atomic mass is 19.1. The zero-order valence-corrected chi connectivity index (χ0v) is 10.0. The topological polar surface area (TPSA) is 29.4 Å². The first-order chi connectivity index (χ1) is 9.27. The lowest BCUT2D eigenvalue weighted by Gasteiger charge is -2.06. The Bertz CT molecular complexity index is 702. The Balaban J connectivity index is 2.22. The zero-order valence-electron chi connectivity index (χ0n) is 10.0. The van der Waals surface area contributed by atoms with Crippen LogP contribution in [0.3, 0.4) is 0 Å². The standard InChI is InChI=1S/C16H10FNO/c17-14-9-5-4-8-12(14)15-13(10-18-16(15)19)11-6-2-1-3-7-11/h1-10H. The van der Waals surface area contributed by atoms with E-state index in [0.29, 0.717) is 16.7 Å². The van der Waals surface area contributed by atoms with Crippen LogP contribution in [0.2, 0.25) is 0 Å². The fourth-order valence-corrected chi connectivity index (χ4v) is 2.13. The monoisotopic (exact) mass is 251 g/mol. The van der Waals surface area contributed by atoms with Crippen molar-refractivity contribution in [3.63, 3.8) is 0 Å². The summed E-state index contributed by atoms with van der Waals surface area (Å²) >= 11 is 0. The first-order valence-corrected chi connectivity index (χ1v) is 5.90. The normalized spacial score (nSPS) is 14.3. The van der Waals surface area contributed by atoms with Gasteiger partial charge >= 0.3 is 0 Å². The molecule has 1 heterocycles. The van der Waals surface area contributed by atoms with E-state index in [1.54, 1.807) is 18.2 Å². The molecule has 0 spiro atoms. The maximum absolute atomic E-state index is 13.9. The fraction of sp³-hybridized carbons (Fsp3) is 0. The van der Waals surface area contributed by atoms with Crippen LogP contribution in [0.15, 0.2) is 59.6 Å². The SMILES string of the molecule is O=C1N=CC(c2ccccc2)=C1c1ccccc1F. The third-order valence-corrected chi connectivity index (χ3v) is 3.02. The molecule has 1 amide bonds. The first-order valence-electron chi connectivity index (χ1n) is 5.90. The van der Waals surface area contributed by atoms with Gasteiger partial charge in [0.25, 0.3) is 5.91 Å². The Labute approximate surface area is 109 Å². The smallest absolute Gasteiger partial charge is 0.267 e. The number of hydrogen-bond acceptors (Lipinski definition) is 1. The largest absolute Gasteiger partial charge is 0.278 e.